The number of ether oxygens (including phenoxy) is 1. The van der Waals surface area contributed by atoms with Crippen LogP contribution in [-0.2, 0) is 4.74 Å². The van der Waals surface area contributed by atoms with Crippen LogP contribution in [0.3, 0.4) is 0 Å². The second kappa shape index (κ2) is 6.39. The fourth-order valence-corrected chi connectivity index (χ4v) is 1.48. The van der Waals surface area contributed by atoms with Gasteiger partial charge < -0.3 is 21.1 Å². The van der Waals surface area contributed by atoms with Crippen LogP contribution in [0.4, 0.5) is 17.6 Å². The molecular weight excluding hydrogens is 230 g/mol. The molecule has 0 unspecified atom stereocenters. The quantitative estimate of drug-likeness (QED) is 0.684. The van der Waals surface area contributed by atoms with Gasteiger partial charge >= 0.3 is 0 Å². The highest BCUT2D eigenvalue weighted by Gasteiger charge is 2.17. The number of nitrogens with zero attached hydrogens (tertiary/aromatic N) is 2. The molecule has 1 heterocycles. The molecule has 1 aromatic rings. The number of methoxy groups -OCH3 is 1. The summed E-state index contributed by atoms with van der Waals surface area (Å²) in [4.78, 5) is 8.19. The van der Waals surface area contributed by atoms with E-state index in [1.54, 1.807) is 14.2 Å². The Hall–Kier alpha value is -1.56. The molecule has 0 bridgehead atoms. The second-order valence-corrected chi connectivity index (χ2v) is 5.01. The van der Waals surface area contributed by atoms with E-state index in [2.05, 4.69) is 34.4 Å². The van der Waals surface area contributed by atoms with Crippen LogP contribution in [0, 0.1) is 5.41 Å². The maximum Gasteiger partial charge on any atom is 0.223 e. The van der Waals surface area contributed by atoms with Crippen molar-refractivity contribution in [2.24, 2.45) is 5.41 Å². The fourth-order valence-electron chi connectivity index (χ4n) is 1.48. The third kappa shape index (κ3) is 4.75. The number of aromatic nitrogens is 2. The highest BCUT2D eigenvalue weighted by atomic mass is 16.5. The Kier molecular flexibility index (Phi) is 5.15. The average Bonchev–Trinajstić information content (AvgIpc) is 2.33. The molecule has 0 aromatic carbocycles. The predicted molar refractivity (Wildman–Crippen MR) is 74.8 cm³/mol. The van der Waals surface area contributed by atoms with Gasteiger partial charge in [-0.2, -0.15) is 9.97 Å². The molecule has 0 aliphatic rings. The third-order valence-electron chi connectivity index (χ3n) is 2.73. The second-order valence-electron chi connectivity index (χ2n) is 5.01. The molecule has 6 heteroatoms. The van der Waals surface area contributed by atoms with Crippen molar-refractivity contribution in [1.82, 2.24) is 9.97 Å². The smallest absolute Gasteiger partial charge is 0.223 e. The van der Waals surface area contributed by atoms with Gasteiger partial charge in [0, 0.05) is 33.4 Å². The Morgan fingerprint density at radius 2 is 2.00 bits per heavy atom. The number of anilines is 3. The van der Waals surface area contributed by atoms with Crippen molar-refractivity contribution >= 4 is 17.6 Å². The largest absolute Gasteiger partial charge is 0.385 e. The van der Waals surface area contributed by atoms with Crippen LogP contribution in [0.5, 0.6) is 0 Å². The zero-order valence-corrected chi connectivity index (χ0v) is 11.6. The van der Waals surface area contributed by atoms with Gasteiger partial charge in [0.25, 0.3) is 0 Å². The number of nitrogen functional groups attached to an aromatic ring is 1. The lowest BCUT2D eigenvalue weighted by molar-refractivity contribution is 0.157. The third-order valence-corrected chi connectivity index (χ3v) is 2.73. The highest BCUT2D eigenvalue weighted by Crippen LogP contribution is 2.21. The Labute approximate surface area is 108 Å². The van der Waals surface area contributed by atoms with E-state index in [9.17, 15) is 0 Å². The summed E-state index contributed by atoms with van der Waals surface area (Å²) in [6.07, 6.45) is 0.982. The molecule has 0 saturated carbocycles. The molecule has 0 spiro atoms. The Morgan fingerprint density at radius 1 is 1.33 bits per heavy atom. The Bertz CT molecular complexity index is 381. The van der Waals surface area contributed by atoms with Crippen LogP contribution in [0.15, 0.2) is 6.07 Å². The molecule has 1 aromatic heterocycles. The first-order chi connectivity index (χ1) is 8.46. The monoisotopic (exact) mass is 253 g/mol. The van der Waals surface area contributed by atoms with Gasteiger partial charge in [0.1, 0.15) is 11.6 Å². The topological polar surface area (TPSA) is 85.1 Å². The zero-order valence-electron chi connectivity index (χ0n) is 11.6. The normalized spacial score (nSPS) is 11.3. The SMILES string of the molecule is CNc1cc(NCC(C)(C)CCOC)nc(N)n1. The van der Waals surface area contributed by atoms with Crippen molar-refractivity contribution in [3.63, 3.8) is 0 Å². The number of hydrogen-bond donors (Lipinski definition) is 3. The van der Waals surface area contributed by atoms with Gasteiger partial charge in [-0.25, -0.2) is 0 Å². The van der Waals surface area contributed by atoms with Crippen LogP contribution in [0.2, 0.25) is 0 Å². The van der Waals surface area contributed by atoms with Gasteiger partial charge in [-0.05, 0) is 11.8 Å². The Balaban J connectivity index is 2.59. The summed E-state index contributed by atoms with van der Waals surface area (Å²) in [6.45, 7) is 5.92. The number of nitrogens with two attached hydrogens (primary N) is 1. The van der Waals surface area contributed by atoms with Crippen molar-refractivity contribution < 1.29 is 4.74 Å². The molecule has 0 saturated heterocycles. The van der Waals surface area contributed by atoms with E-state index in [0.717, 1.165) is 25.4 Å². The number of rotatable bonds is 7. The number of nitrogens with one attached hydrogen (secondary N) is 2. The molecular formula is C12H23N5O. The average molecular weight is 253 g/mol. The molecule has 0 fully saturated rings. The molecule has 102 valence electrons. The van der Waals surface area contributed by atoms with Crippen LogP contribution < -0.4 is 16.4 Å². The first-order valence-electron chi connectivity index (χ1n) is 6.02. The molecule has 0 atom stereocenters. The molecule has 4 N–H and O–H groups in total. The van der Waals surface area contributed by atoms with E-state index in [0.29, 0.717) is 5.82 Å². The lowest BCUT2D eigenvalue weighted by atomic mass is 9.90. The molecule has 0 aliphatic carbocycles. The summed E-state index contributed by atoms with van der Waals surface area (Å²) < 4.78 is 5.10. The lowest BCUT2D eigenvalue weighted by Crippen LogP contribution is -2.25. The number of hydrogen-bond acceptors (Lipinski definition) is 6. The lowest BCUT2D eigenvalue weighted by Gasteiger charge is -2.24. The summed E-state index contributed by atoms with van der Waals surface area (Å²) in [5.41, 5.74) is 5.77. The molecule has 0 aliphatic heterocycles. The minimum Gasteiger partial charge on any atom is -0.385 e. The van der Waals surface area contributed by atoms with E-state index in [1.165, 1.54) is 0 Å². The summed E-state index contributed by atoms with van der Waals surface area (Å²) in [5.74, 6) is 1.70. The molecule has 6 nitrogen and oxygen atoms in total. The van der Waals surface area contributed by atoms with Crippen molar-refractivity contribution in [2.45, 2.75) is 20.3 Å². The van der Waals surface area contributed by atoms with Crippen LogP contribution in [0.1, 0.15) is 20.3 Å². The minimum absolute atomic E-state index is 0.134. The van der Waals surface area contributed by atoms with Crippen LogP contribution >= 0.6 is 0 Å². The predicted octanol–water partition coefficient (Wildman–Crippen LogP) is 1.58. The standard InChI is InChI=1S/C12H23N5O/c1-12(2,5-6-18-4)8-15-10-7-9(14-3)16-11(13)17-10/h7H,5-6,8H2,1-4H3,(H4,13,14,15,16,17). The summed E-state index contributed by atoms with van der Waals surface area (Å²) >= 11 is 0. The molecule has 18 heavy (non-hydrogen) atoms. The zero-order chi connectivity index (χ0) is 13.6. The summed E-state index contributed by atoms with van der Waals surface area (Å²) in [6, 6.07) is 1.84. The van der Waals surface area contributed by atoms with E-state index >= 15 is 0 Å². The maximum atomic E-state index is 5.63. The van der Waals surface area contributed by atoms with Crippen LogP contribution in [0.25, 0.3) is 0 Å². The van der Waals surface area contributed by atoms with Gasteiger partial charge in [0.05, 0.1) is 0 Å². The van der Waals surface area contributed by atoms with Gasteiger partial charge in [-0.1, -0.05) is 13.8 Å². The summed E-state index contributed by atoms with van der Waals surface area (Å²) in [7, 11) is 3.52. The van der Waals surface area contributed by atoms with Crippen LogP contribution in [-0.4, -0.2) is 37.3 Å². The van der Waals surface area contributed by atoms with Gasteiger partial charge in [-0.3, -0.25) is 0 Å². The van der Waals surface area contributed by atoms with Crippen molar-refractivity contribution in [3.8, 4) is 0 Å². The summed E-state index contributed by atoms with van der Waals surface area (Å²) in [5, 5.41) is 6.23. The first kappa shape index (κ1) is 14.5. The van der Waals surface area contributed by atoms with Crippen molar-refractivity contribution in [2.75, 3.05) is 43.7 Å². The fraction of sp³-hybridized carbons (Fsp3) is 0.667. The Morgan fingerprint density at radius 3 is 2.61 bits per heavy atom. The minimum atomic E-state index is 0.134. The van der Waals surface area contributed by atoms with Crippen molar-refractivity contribution in [1.29, 1.82) is 0 Å². The van der Waals surface area contributed by atoms with E-state index in [-0.39, 0.29) is 11.4 Å². The highest BCUT2D eigenvalue weighted by molar-refractivity contribution is 5.50. The van der Waals surface area contributed by atoms with E-state index in [4.69, 9.17) is 10.5 Å². The van der Waals surface area contributed by atoms with Crippen molar-refractivity contribution in [3.05, 3.63) is 6.07 Å². The van der Waals surface area contributed by atoms with Gasteiger partial charge in [0.2, 0.25) is 5.95 Å². The molecule has 0 amide bonds. The van der Waals surface area contributed by atoms with Gasteiger partial charge in [-0.15, -0.1) is 0 Å². The molecule has 1 rings (SSSR count). The first-order valence-corrected chi connectivity index (χ1v) is 6.02. The van der Waals surface area contributed by atoms with E-state index in [1.807, 2.05) is 6.07 Å². The van der Waals surface area contributed by atoms with E-state index < -0.39 is 0 Å². The maximum absolute atomic E-state index is 5.63. The molecule has 0 radical (unpaired) electrons. The van der Waals surface area contributed by atoms with Gasteiger partial charge in [0.15, 0.2) is 0 Å².